The summed E-state index contributed by atoms with van der Waals surface area (Å²) in [6.07, 6.45) is 0.0187. The van der Waals surface area contributed by atoms with Crippen LogP contribution < -0.4 is 20.3 Å². The molecule has 1 atom stereocenters. The Hall–Kier alpha value is -2.76. The third kappa shape index (κ3) is 6.81. The molecule has 0 radical (unpaired) electrons. The van der Waals surface area contributed by atoms with Gasteiger partial charge in [0, 0.05) is 20.6 Å². The predicted molar refractivity (Wildman–Crippen MR) is 113 cm³/mol. The Morgan fingerprint density at radius 2 is 1.93 bits per heavy atom. The van der Waals surface area contributed by atoms with Crippen molar-refractivity contribution in [2.75, 3.05) is 32.1 Å². The lowest BCUT2D eigenvalue weighted by molar-refractivity contribution is 0.222. The molecule has 0 aliphatic carbocycles. The lowest BCUT2D eigenvalue weighted by Crippen LogP contribution is -2.41. The molecule has 0 fully saturated rings. The van der Waals surface area contributed by atoms with Gasteiger partial charge < -0.3 is 20.3 Å². The Morgan fingerprint density at radius 3 is 2.63 bits per heavy atom. The molecule has 146 valence electrons. The van der Waals surface area contributed by atoms with Crippen molar-refractivity contribution in [2.24, 2.45) is 4.99 Å². The van der Waals surface area contributed by atoms with E-state index in [0.29, 0.717) is 13.1 Å². The minimum atomic E-state index is 0.0187. The number of guanidine groups is 1. The third-order valence-electron chi connectivity index (χ3n) is 3.97. The quantitative estimate of drug-likeness (QED) is 0.553. The number of para-hydroxylation sites is 1. The lowest BCUT2D eigenvalue weighted by atomic mass is 10.2. The summed E-state index contributed by atoms with van der Waals surface area (Å²) in [5.74, 6) is 2.61. The van der Waals surface area contributed by atoms with E-state index in [-0.39, 0.29) is 6.10 Å². The van der Waals surface area contributed by atoms with E-state index in [0.717, 1.165) is 35.3 Å². The standard InChI is InChI=1S/C21H31N5O/c1-6-22-21(24-15-18-11-9-13-20(25-18)26(4)5)23-14-17(3)27-19-12-8-7-10-16(19)2/h7-13,17H,6,14-15H2,1-5H3,(H2,22,23,24). The van der Waals surface area contributed by atoms with Gasteiger partial charge in [-0.15, -0.1) is 0 Å². The fraction of sp³-hybridized carbons (Fsp3) is 0.429. The summed E-state index contributed by atoms with van der Waals surface area (Å²) in [5, 5.41) is 6.61. The smallest absolute Gasteiger partial charge is 0.191 e. The van der Waals surface area contributed by atoms with Gasteiger partial charge in [-0.05, 0) is 44.5 Å². The summed E-state index contributed by atoms with van der Waals surface area (Å²) in [5.41, 5.74) is 2.07. The number of aromatic nitrogens is 1. The van der Waals surface area contributed by atoms with Gasteiger partial charge in [-0.2, -0.15) is 0 Å². The molecule has 0 aliphatic rings. The van der Waals surface area contributed by atoms with Gasteiger partial charge in [-0.25, -0.2) is 9.98 Å². The summed E-state index contributed by atoms with van der Waals surface area (Å²) < 4.78 is 6.02. The van der Waals surface area contributed by atoms with E-state index in [4.69, 9.17) is 4.74 Å². The molecule has 1 aromatic carbocycles. The monoisotopic (exact) mass is 369 g/mol. The minimum absolute atomic E-state index is 0.0187. The van der Waals surface area contributed by atoms with Crippen molar-refractivity contribution in [1.82, 2.24) is 15.6 Å². The number of benzene rings is 1. The minimum Gasteiger partial charge on any atom is -0.489 e. The van der Waals surface area contributed by atoms with Crippen LogP contribution in [0.15, 0.2) is 47.5 Å². The number of rotatable bonds is 8. The van der Waals surface area contributed by atoms with Crippen molar-refractivity contribution in [3.8, 4) is 5.75 Å². The number of hydrogen-bond donors (Lipinski definition) is 2. The number of aliphatic imine (C=N–C) groups is 1. The van der Waals surface area contributed by atoms with Crippen LogP contribution in [0.25, 0.3) is 0 Å². The summed E-state index contributed by atoms with van der Waals surface area (Å²) in [6, 6.07) is 14.0. The van der Waals surface area contributed by atoms with Gasteiger partial charge in [0.25, 0.3) is 0 Å². The van der Waals surface area contributed by atoms with Crippen LogP contribution in [0.1, 0.15) is 25.1 Å². The molecule has 1 heterocycles. The Balaban J connectivity index is 1.93. The van der Waals surface area contributed by atoms with Gasteiger partial charge in [0.15, 0.2) is 5.96 Å². The summed E-state index contributed by atoms with van der Waals surface area (Å²) in [7, 11) is 3.97. The van der Waals surface area contributed by atoms with E-state index in [1.54, 1.807) is 0 Å². The second kappa shape index (κ2) is 10.4. The van der Waals surface area contributed by atoms with Gasteiger partial charge in [0.05, 0.1) is 18.8 Å². The van der Waals surface area contributed by atoms with E-state index >= 15 is 0 Å². The number of hydrogen-bond acceptors (Lipinski definition) is 4. The third-order valence-corrected chi connectivity index (χ3v) is 3.97. The topological polar surface area (TPSA) is 61.8 Å². The van der Waals surface area contributed by atoms with Crippen LogP contribution in [0.2, 0.25) is 0 Å². The molecule has 2 rings (SSSR count). The molecule has 0 saturated carbocycles. The highest BCUT2D eigenvalue weighted by atomic mass is 16.5. The first-order valence-electron chi connectivity index (χ1n) is 9.37. The van der Waals surface area contributed by atoms with E-state index in [2.05, 4.69) is 40.5 Å². The van der Waals surface area contributed by atoms with Crippen LogP contribution in [0.3, 0.4) is 0 Å². The maximum atomic E-state index is 6.02. The SMILES string of the molecule is CCNC(=NCc1cccc(N(C)C)n1)NCC(C)Oc1ccccc1C. The molecule has 0 bridgehead atoms. The largest absolute Gasteiger partial charge is 0.489 e. The normalized spacial score (nSPS) is 12.4. The van der Waals surface area contributed by atoms with Crippen molar-refractivity contribution in [1.29, 1.82) is 0 Å². The van der Waals surface area contributed by atoms with Crippen LogP contribution in [0, 0.1) is 6.92 Å². The Morgan fingerprint density at radius 1 is 1.15 bits per heavy atom. The van der Waals surface area contributed by atoms with E-state index in [1.807, 2.05) is 62.3 Å². The molecule has 0 amide bonds. The first kappa shape index (κ1) is 20.6. The first-order valence-corrected chi connectivity index (χ1v) is 9.37. The van der Waals surface area contributed by atoms with Gasteiger partial charge in [0.2, 0.25) is 0 Å². The van der Waals surface area contributed by atoms with Crippen LogP contribution in [0.5, 0.6) is 5.75 Å². The number of anilines is 1. The average Bonchev–Trinajstić information content (AvgIpc) is 2.66. The molecular weight excluding hydrogens is 338 g/mol. The van der Waals surface area contributed by atoms with E-state index in [9.17, 15) is 0 Å². The molecule has 2 N–H and O–H groups in total. The van der Waals surface area contributed by atoms with Crippen LogP contribution in [-0.4, -0.2) is 44.2 Å². The number of nitrogens with zero attached hydrogens (tertiary/aromatic N) is 3. The van der Waals surface area contributed by atoms with Crippen LogP contribution in [-0.2, 0) is 6.54 Å². The lowest BCUT2D eigenvalue weighted by Gasteiger charge is -2.18. The van der Waals surface area contributed by atoms with Crippen molar-refractivity contribution in [2.45, 2.75) is 33.4 Å². The van der Waals surface area contributed by atoms with Gasteiger partial charge in [-0.1, -0.05) is 24.3 Å². The van der Waals surface area contributed by atoms with Gasteiger partial charge in [0.1, 0.15) is 17.7 Å². The number of aryl methyl sites for hydroxylation is 1. The average molecular weight is 370 g/mol. The Labute approximate surface area is 162 Å². The zero-order valence-corrected chi connectivity index (χ0v) is 17.0. The first-order chi connectivity index (χ1) is 13.0. The molecule has 2 aromatic rings. The number of ether oxygens (including phenoxy) is 1. The van der Waals surface area contributed by atoms with Gasteiger partial charge in [-0.3, -0.25) is 0 Å². The summed E-state index contributed by atoms with van der Waals surface area (Å²) in [4.78, 5) is 11.2. The maximum absolute atomic E-state index is 6.02. The van der Waals surface area contributed by atoms with E-state index in [1.165, 1.54) is 0 Å². The fourth-order valence-corrected chi connectivity index (χ4v) is 2.49. The number of nitrogens with one attached hydrogen (secondary N) is 2. The fourth-order valence-electron chi connectivity index (χ4n) is 2.49. The highest BCUT2D eigenvalue weighted by molar-refractivity contribution is 5.79. The highest BCUT2D eigenvalue weighted by Crippen LogP contribution is 2.17. The Kier molecular flexibility index (Phi) is 7.92. The zero-order chi connectivity index (χ0) is 19.6. The molecule has 6 nitrogen and oxygen atoms in total. The van der Waals surface area contributed by atoms with E-state index < -0.39 is 0 Å². The zero-order valence-electron chi connectivity index (χ0n) is 17.0. The maximum Gasteiger partial charge on any atom is 0.191 e. The highest BCUT2D eigenvalue weighted by Gasteiger charge is 2.07. The van der Waals surface area contributed by atoms with Crippen LogP contribution >= 0.6 is 0 Å². The summed E-state index contributed by atoms with van der Waals surface area (Å²) >= 11 is 0. The van der Waals surface area contributed by atoms with Gasteiger partial charge >= 0.3 is 0 Å². The molecule has 1 aromatic heterocycles. The second-order valence-corrected chi connectivity index (χ2v) is 6.65. The van der Waals surface area contributed by atoms with Crippen LogP contribution in [0.4, 0.5) is 5.82 Å². The molecule has 27 heavy (non-hydrogen) atoms. The van der Waals surface area contributed by atoms with Crippen molar-refractivity contribution in [3.63, 3.8) is 0 Å². The second-order valence-electron chi connectivity index (χ2n) is 6.65. The van der Waals surface area contributed by atoms with Crippen molar-refractivity contribution < 1.29 is 4.74 Å². The number of pyridine rings is 1. The predicted octanol–water partition coefficient (Wildman–Crippen LogP) is 2.98. The van der Waals surface area contributed by atoms with Crippen molar-refractivity contribution in [3.05, 3.63) is 53.7 Å². The molecule has 0 spiro atoms. The molecule has 1 unspecified atom stereocenters. The molecule has 0 aliphatic heterocycles. The summed E-state index contributed by atoms with van der Waals surface area (Å²) in [6.45, 7) is 8.12. The Bertz CT molecular complexity index is 745. The molecule has 0 saturated heterocycles. The molecular formula is C21H31N5O. The van der Waals surface area contributed by atoms with Crippen molar-refractivity contribution >= 4 is 11.8 Å². The molecule has 6 heteroatoms.